The van der Waals surface area contributed by atoms with Crippen LogP contribution in [0, 0.1) is 11.3 Å². The fraction of sp³-hybridized carbons (Fsp3) is 0.581. The maximum Gasteiger partial charge on any atom is 0.325 e. The number of piperidine rings is 1. The first-order chi connectivity index (χ1) is 18.6. The smallest absolute Gasteiger partial charge is 0.325 e. The zero-order chi connectivity index (χ0) is 27.6. The number of imide groups is 1. The molecule has 0 radical (unpaired) electrons. The van der Waals surface area contributed by atoms with Crippen molar-refractivity contribution in [1.29, 1.82) is 0 Å². The summed E-state index contributed by atoms with van der Waals surface area (Å²) in [6, 6.07) is 6.08. The second-order valence-electron chi connectivity index (χ2n) is 12.5. The lowest BCUT2D eigenvalue weighted by molar-refractivity contribution is -0.199. The Labute approximate surface area is 229 Å². The van der Waals surface area contributed by atoms with E-state index in [1.807, 2.05) is 0 Å². The van der Waals surface area contributed by atoms with Gasteiger partial charge in [0.2, 0.25) is 0 Å². The Morgan fingerprint density at radius 1 is 1.18 bits per heavy atom. The topological polar surface area (TPSA) is 113 Å². The van der Waals surface area contributed by atoms with Crippen molar-refractivity contribution >= 4 is 11.9 Å². The lowest BCUT2D eigenvalue weighted by Gasteiger charge is -2.66. The minimum absolute atomic E-state index is 0.0435. The van der Waals surface area contributed by atoms with E-state index in [1.165, 1.54) is 23.3 Å². The SMILES string of the molecule is C=C=C(O)CCC1=C(C)[C@]23CCN(CC4CC4)[C@H](C1)[C@]2(O)CC[C@@]1(C3)NC(=O)N(Cc2ccc(O)cc2)C1=O. The molecule has 208 valence electrons. The van der Waals surface area contributed by atoms with Gasteiger partial charge in [-0.15, -0.1) is 0 Å². The monoisotopic (exact) mass is 533 g/mol. The third-order valence-corrected chi connectivity index (χ3v) is 10.5. The van der Waals surface area contributed by atoms with Gasteiger partial charge in [0.05, 0.1) is 12.1 Å². The van der Waals surface area contributed by atoms with E-state index in [9.17, 15) is 24.9 Å². The quantitative estimate of drug-likeness (QED) is 0.180. The van der Waals surface area contributed by atoms with Crippen molar-refractivity contribution in [2.24, 2.45) is 11.3 Å². The molecule has 8 heteroatoms. The Morgan fingerprint density at radius 2 is 1.92 bits per heavy atom. The summed E-state index contributed by atoms with van der Waals surface area (Å²) in [4.78, 5) is 31.0. The Kier molecular flexibility index (Phi) is 6.21. The number of aliphatic hydroxyl groups excluding tert-OH is 1. The van der Waals surface area contributed by atoms with Gasteiger partial charge in [-0.25, -0.2) is 4.79 Å². The van der Waals surface area contributed by atoms with Crippen LogP contribution in [0.15, 0.2) is 53.5 Å². The Morgan fingerprint density at radius 3 is 2.62 bits per heavy atom. The highest BCUT2D eigenvalue weighted by atomic mass is 16.3. The van der Waals surface area contributed by atoms with Crippen LogP contribution in [0.1, 0.15) is 70.3 Å². The molecular formula is C31H39N3O5. The van der Waals surface area contributed by atoms with Crippen molar-refractivity contribution in [2.45, 2.75) is 88.4 Å². The summed E-state index contributed by atoms with van der Waals surface area (Å²) in [5, 5.41) is 35.4. The van der Waals surface area contributed by atoms with Crippen LogP contribution in [0.4, 0.5) is 4.79 Å². The van der Waals surface area contributed by atoms with Gasteiger partial charge in [-0.3, -0.25) is 14.6 Å². The highest BCUT2D eigenvalue weighted by Crippen LogP contribution is 2.64. The number of nitrogens with zero attached hydrogens (tertiary/aromatic N) is 2. The number of phenols is 1. The van der Waals surface area contributed by atoms with E-state index < -0.39 is 22.6 Å². The maximum absolute atomic E-state index is 14.0. The van der Waals surface area contributed by atoms with Crippen LogP contribution in [0.3, 0.4) is 0 Å². The average molecular weight is 534 g/mol. The van der Waals surface area contributed by atoms with Gasteiger partial charge >= 0.3 is 6.03 Å². The number of carbonyl (C=O) groups excluding carboxylic acids is 2. The van der Waals surface area contributed by atoms with Crippen LogP contribution < -0.4 is 5.32 Å². The van der Waals surface area contributed by atoms with E-state index in [0.717, 1.165) is 37.1 Å². The van der Waals surface area contributed by atoms with E-state index in [-0.39, 0.29) is 30.0 Å². The van der Waals surface area contributed by atoms with Gasteiger partial charge in [0.15, 0.2) is 0 Å². The third-order valence-electron chi connectivity index (χ3n) is 10.5. The van der Waals surface area contributed by atoms with Crippen molar-refractivity contribution < 1.29 is 24.9 Å². The minimum Gasteiger partial charge on any atom is -0.508 e. The molecule has 4 fully saturated rings. The number of aromatic hydroxyl groups is 1. The Bertz CT molecular complexity index is 1280. The van der Waals surface area contributed by atoms with Crippen LogP contribution in [-0.2, 0) is 11.3 Å². The molecule has 2 aliphatic heterocycles. The maximum atomic E-state index is 14.0. The van der Waals surface area contributed by atoms with Crippen molar-refractivity contribution in [3.05, 3.63) is 59.0 Å². The van der Waals surface area contributed by atoms with Crippen LogP contribution in [0.5, 0.6) is 5.75 Å². The lowest BCUT2D eigenvalue weighted by Crippen LogP contribution is -2.74. The molecule has 4 N–H and O–H groups in total. The van der Waals surface area contributed by atoms with E-state index in [2.05, 4.69) is 29.5 Å². The standard InChI is InChI=1S/C31H39N3O5/c1-3-24(35)11-8-23-16-26-31(39)13-12-30(19-29(31,20(23)2)14-15-33(26)17-21-4-5-21)27(37)34(28(38)32-30)18-22-6-9-25(36)10-7-22/h6-7,9-10,21,26,35-36,39H,1,4-5,8,11-19H2,2H3,(H,32,38)/t26-,29-,30+,31-/m1/s1. The average Bonchev–Trinajstić information content (AvgIpc) is 3.71. The first-order valence-corrected chi connectivity index (χ1v) is 14.3. The van der Waals surface area contributed by atoms with Crippen molar-refractivity contribution in [3.63, 3.8) is 0 Å². The Balaban J connectivity index is 1.34. The van der Waals surface area contributed by atoms with Gasteiger partial charge in [0.1, 0.15) is 17.0 Å². The molecule has 39 heavy (non-hydrogen) atoms. The largest absolute Gasteiger partial charge is 0.508 e. The normalized spacial score (nSPS) is 34.2. The van der Waals surface area contributed by atoms with Gasteiger partial charge in [-0.05, 0) is 88.4 Å². The molecule has 5 aliphatic rings. The molecule has 6 rings (SSSR count). The number of hydrogen-bond acceptors (Lipinski definition) is 6. The van der Waals surface area contributed by atoms with Crippen molar-refractivity contribution in [2.75, 3.05) is 13.1 Å². The van der Waals surface area contributed by atoms with Gasteiger partial charge in [0.25, 0.3) is 5.91 Å². The molecule has 8 nitrogen and oxygen atoms in total. The highest BCUT2D eigenvalue weighted by Gasteiger charge is 2.70. The number of benzene rings is 1. The van der Waals surface area contributed by atoms with Gasteiger partial charge < -0.3 is 20.6 Å². The molecule has 2 saturated carbocycles. The fourth-order valence-electron chi connectivity index (χ4n) is 8.04. The van der Waals surface area contributed by atoms with Gasteiger partial charge in [-0.2, -0.15) is 0 Å². The molecule has 1 aromatic rings. The number of aliphatic hydroxyl groups is 2. The number of urea groups is 1. The highest BCUT2D eigenvalue weighted by molar-refractivity contribution is 6.07. The summed E-state index contributed by atoms with van der Waals surface area (Å²) >= 11 is 0. The molecule has 1 spiro atoms. The van der Waals surface area contributed by atoms with Crippen molar-refractivity contribution in [3.8, 4) is 5.75 Å². The predicted molar refractivity (Wildman–Crippen MR) is 146 cm³/mol. The summed E-state index contributed by atoms with van der Waals surface area (Å²) in [6.07, 6.45) is 6.29. The molecule has 4 atom stereocenters. The Hall–Kier alpha value is -3.06. The number of likely N-dealkylation sites (tertiary alicyclic amines) is 1. The number of hydrogen-bond donors (Lipinski definition) is 4. The zero-order valence-electron chi connectivity index (χ0n) is 22.7. The van der Waals surface area contributed by atoms with Crippen molar-refractivity contribution in [1.82, 2.24) is 15.1 Å². The number of phenolic OH excluding ortho intramolecular Hbond substituents is 1. The number of carbonyl (C=O) groups is 2. The summed E-state index contributed by atoms with van der Waals surface area (Å²) in [5.74, 6) is 0.731. The minimum atomic E-state index is -1.06. The van der Waals surface area contributed by atoms with E-state index in [1.54, 1.807) is 24.3 Å². The number of nitrogens with one attached hydrogen (secondary N) is 1. The van der Waals surface area contributed by atoms with Crippen LogP contribution >= 0.6 is 0 Å². The molecule has 0 aromatic heterocycles. The summed E-state index contributed by atoms with van der Waals surface area (Å²) in [5.41, 5.74) is 3.01. The number of allylic oxidation sites excluding steroid dienone is 1. The van der Waals surface area contributed by atoms with E-state index in [4.69, 9.17) is 0 Å². The van der Waals surface area contributed by atoms with Gasteiger partial charge in [-0.1, -0.05) is 35.6 Å². The zero-order valence-corrected chi connectivity index (χ0v) is 22.7. The second kappa shape index (κ2) is 9.26. The fourth-order valence-corrected chi connectivity index (χ4v) is 8.04. The van der Waals surface area contributed by atoms with E-state index in [0.29, 0.717) is 38.0 Å². The molecular weight excluding hydrogens is 494 g/mol. The first kappa shape index (κ1) is 26.2. The van der Waals surface area contributed by atoms with Gasteiger partial charge in [0, 0.05) is 24.4 Å². The molecule has 3 aliphatic carbocycles. The summed E-state index contributed by atoms with van der Waals surface area (Å²) in [7, 11) is 0. The first-order valence-electron chi connectivity index (χ1n) is 14.3. The number of amides is 3. The molecule has 2 heterocycles. The molecule has 0 unspecified atom stereocenters. The summed E-state index contributed by atoms with van der Waals surface area (Å²) < 4.78 is 0. The molecule has 3 amide bonds. The van der Waals surface area contributed by atoms with Crippen LogP contribution in [0.25, 0.3) is 0 Å². The van der Waals surface area contributed by atoms with Crippen LogP contribution in [0.2, 0.25) is 0 Å². The van der Waals surface area contributed by atoms with Crippen LogP contribution in [-0.4, -0.2) is 67.3 Å². The number of rotatable bonds is 7. The molecule has 2 saturated heterocycles. The predicted octanol–water partition coefficient (Wildman–Crippen LogP) is 4.30. The second-order valence-corrected chi connectivity index (χ2v) is 12.5. The van der Waals surface area contributed by atoms with E-state index >= 15 is 0 Å². The lowest BCUT2D eigenvalue weighted by atomic mass is 9.46. The molecule has 1 aromatic carbocycles. The third kappa shape index (κ3) is 4.12. The summed E-state index contributed by atoms with van der Waals surface area (Å²) in [6.45, 7) is 7.65. The molecule has 2 bridgehead atoms.